The van der Waals surface area contributed by atoms with Crippen LogP contribution in [0.3, 0.4) is 0 Å². The number of aromatic nitrogens is 2. The molecule has 2 N–H and O–H groups in total. The van der Waals surface area contributed by atoms with Gasteiger partial charge in [0.2, 0.25) is 11.8 Å². The van der Waals surface area contributed by atoms with Crippen molar-refractivity contribution in [3.63, 3.8) is 0 Å². The molecular formula is C36H32N4O2. The molecule has 2 heterocycles. The van der Waals surface area contributed by atoms with Gasteiger partial charge in [0.25, 0.3) is 0 Å². The van der Waals surface area contributed by atoms with Crippen molar-refractivity contribution >= 4 is 39.3 Å². The Kier molecular flexibility index (Phi) is 7.28. The number of anilines is 1. The van der Waals surface area contributed by atoms with Crippen LogP contribution in [0.4, 0.5) is 5.69 Å². The van der Waals surface area contributed by atoms with Crippen LogP contribution in [0, 0.1) is 6.92 Å². The first-order valence-corrected chi connectivity index (χ1v) is 14.1. The molecule has 0 radical (unpaired) electrons. The Balaban J connectivity index is 1.43. The Labute approximate surface area is 245 Å². The third-order valence-corrected chi connectivity index (χ3v) is 7.66. The summed E-state index contributed by atoms with van der Waals surface area (Å²) in [5, 5.41) is 7.73. The number of hydrogen-bond acceptors (Lipinski definition) is 3. The third-order valence-electron chi connectivity index (χ3n) is 7.66. The van der Waals surface area contributed by atoms with E-state index in [1.165, 1.54) is 34.4 Å². The maximum absolute atomic E-state index is 12.2. The lowest BCUT2D eigenvalue weighted by atomic mass is 9.98. The minimum atomic E-state index is -0.358. The Morgan fingerprint density at radius 3 is 1.98 bits per heavy atom. The van der Waals surface area contributed by atoms with Crippen LogP contribution in [0.25, 0.3) is 55.4 Å². The molecule has 6 heteroatoms. The van der Waals surface area contributed by atoms with E-state index in [1.54, 1.807) is 0 Å². The second-order valence-corrected chi connectivity index (χ2v) is 10.5. The number of carbonyl (C=O) groups is 2. The molecule has 0 aliphatic rings. The van der Waals surface area contributed by atoms with Gasteiger partial charge < -0.3 is 15.2 Å². The van der Waals surface area contributed by atoms with E-state index in [2.05, 4.69) is 108 Å². The molecule has 2 aromatic heterocycles. The first-order chi connectivity index (χ1) is 20.4. The molecule has 0 fully saturated rings. The fraction of sp³-hybridized carbons (Fsp3) is 0.139. The van der Waals surface area contributed by atoms with Crippen molar-refractivity contribution in [3.8, 4) is 33.6 Å². The molecule has 0 aliphatic heterocycles. The highest BCUT2D eigenvalue weighted by Gasteiger charge is 2.14. The van der Waals surface area contributed by atoms with Gasteiger partial charge in [-0.2, -0.15) is 0 Å². The molecule has 2 amide bonds. The fourth-order valence-corrected chi connectivity index (χ4v) is 5.45. The van der Waals surface area contributed by atoms with Crippen LogP contribution in [-0.2, 0) is 16.1 Å². The summed E-state index contributed by atoms with van der Waals surface area (Å²) in [6, 6.07) is 35.5. The van der Waals surface area contributed by atoms with Crippen LogP contribution < -0.4 is 10.6 Å². The topological polar surface area (TPSA) is 76.0 Å². The van der Waals surface area contributed by atoms with Crippen molar-refractivity contribution in [2.45, 2.75) is 26.8 Å². The van der Waals surface area contributed by atoms with Crippen LogP contribution in [0.15, 0.2) is 103 Å². The van der Waals surface area contributed by atoms with Gasteiger partial charge in [0.05, 0.1) is 11.4 Å². The van der Waals surface area contributed by atoms with Gasteiger partial charge in [-0.25, -0.2) is 4.98 Å². The fourth-order valence-electron chi connectivity index (χ4n) is 5.45. The molecule has 42 heavy (non-hydrogen) atoms. The number of nitrogens with zero attached hydrogens (tertiary/aromatic N) is 2. The Bertz CT molecular complexity index is 1940. The van der Waals surface area contributed by atoms with Crippen molar-refractivity contribution in [2.75, 3.05) is 12.4 Å². The largest absolute Gasteiger partial charge is 0.359 e. The molecule has 6 rings (SSSR count). The lowest BCUT2D eigenvalue weighted by molar-refractivity contribution is -0.126. The zero-order chi connectivity index (χ0) is 29.2. The molecule has 6 aromatic rings. The van der Waals surface area contributed by atoms with Crippen LogP contribution in [0.2, 0.25) is 0 Å². The van der Waals surface area contributed by atoms with E-state index in [0.29, 0.717) is 5.69 Å². The van der Waals surface area contributed by atoms with Crippen molar-refractivity contribution in [1.29, 1.82) is 0 Å². The van der Waals surface area contributed by atoms with Crippen LogP contribution in [0.5, 0.6) is 0 Å². The van der Waals surface area contributed by atoms with E-state index in [1.807, 2.05) is 24.3 Å². The van der Waals surface area contributed by atoms with Gasteiger partial charge in [0, 0.05) is 52.2 Å². The minimum absolute atomic E-state index is 0.219. The number of hydrogen-bond donors (Lipinski definition) is 2. The molecule has 0 saturated heterocycles. The predicted molar refractivity (Wildman–Crippen MR) is 171 cm³/mol. The number of rotatable bonds is 7. The Hall–Kier alpha value is -5.23. The van der Waals surface area contributed by atoms with Gasteiger partial charge in [-0.1, -0.05) is 66.2 Å². The van der Waals surface area contributed by atoms with Crippen LogP contribution >= 0.6 is 0 Å². The summed E-state index contributed by atoms with van der Waals surface area (Å²) in [5.74, 6) is -0.685. The molecular weight excluding hydrogens is 520 g/mol. The summed E-state index contributed by atoms with van der Waals surface area (Å²) in [4.78, 5) is 28.8. The van der Waals surface area contributed by atoms with E-state index >= 15 is 0 Å². The van der Waals surface area contributed by atoms with Gasteiger partial charge in [0.15, 0.2) is 0 Å². The first kappa shape index (κ1) is 27.0. The number of carbonyl (C=O) groups excluding carboxylic acids is 2. The molecule has 0 aliphatic carbocycles. The van der Waals surface area contributed by atoms with Crippen LogP contribution in [0.1, 0.15) is 18.9 Å². The number of para-hydroxylation sites is 1. The second kappa shape index (κ2) is 11.3. The maximum Gasteiger partial charge on any atom is 0.233 e. The minimum Gasteiger partial charge on any atom is -0.359 e. The number of amides is 2. The second-order valence-electron chi connectivity index (χ2n) is 10.5. The molecule has 0 saturated carbocycles. The number of nitrogens with one attached hydrogen (secondary N) is 2. The number of fused-ring (bicyclic) bond motifs is 3. The summed E-state index contributed by atoms with van der Waals surface area (Å²) in [6.07, 6.45) is -0.219. The van der Waals surface area contributed by atoms with Gasteiger partial charge in [-0.15, -0.1) is 0 Å². The normalized spacial score (nSPS) is 11.1. The predicted octanol–water partition coefficient (Wildman–Crippen LogP) is 7.59. The number of pyridine rings is 1. The van der Waals surface area contributed by atoms with Gasteiger partial charge in [0.1, 0.15) is 6.42 Å². The first-order valence-electron chi connectivity index (χ1n) is 14.1. The monoisotopic (exact) mass is 552 g/mol. The summed E-state index contributed by atoms with van der Waals surface area (Å²) < 4.78 is 2.36. The smallest absolute Gasteiger partial charge is 0.233 e. The van der Waals surface area contributed by atoms with Crippen LogP contribution in [-0.4, -0.2) is 28.4 Å². The quantitative estimate of drug-likeness (QED) is 0.200. The summed E-state index contributed by atoms with van der Waals surface area (Å²) in [7, 11) is 1.51. The summed E-state index contributed by atoms with van der Waals surface area (Å²) in [5.41, 5.74) is 10.2. The number of benzene rings is 4. The Morgan fingerprint density at radius 2 is 1.31 bits per heavy atom. The standard InChI is InChI=1S/C36H32N4O2/c1-4-40-33-8-6-5-7-29(33)30-19-26(15-18-34(30)40)27-20-31(24-11-9-23(2)10-12-24)39-32(21-27)25-13-16-28(17-14-25)38-36(42)22-35(41)37-3/h5-21H,4,22H2,1-3H3,(H,37,41)(H,38,42). The third kappa shape index (κ3) is 5.27. The van der Waals surface area contributed by atoms with E-state index in [0.717, 1.165) is 40.2 Å². The molecule has 208 valence electrons. The average Bonchev–Trinajstić information content (AvgIpc) is 3.34. The van der Waals surface area contributed by atoms with Crippen molar-refractivity contribution in [3.05, 3.63) is 109 Å². The van der Waals surface area contributed by atoms with E-state index in [-0.39, 0.29) is 18.2 Å². The zero-order valence-corrected chi connectivity index (χ0v) is 23.9. The van der Waals surface area contributed by atoms with Gasteiger partial charge >= 0.3 is 0 Å². The maximum atomic E-state index is 12.2. The van der Waals surface area contributed by atoms with Crippen molar-refractivity contribution in [1.82, 2.24) is 14.9 Å². The summed E-state index contributed by atoms with van der Waals surface area (Å²) >= 11 is 0. The Morgan fingerprint density at radius 1 is 0.690 bits per heavy atom. The highest BCUT2D eigenvalue weighted by molar-refractivity contribution is 6.09. The summed E-state index contributed by atoms with van der Waals surface area (Å²) in [6.45, 7) is 5.17. The van der Waals surface area contributed by atoms with Gasteiger partial charge in [-0.3, -0.25) is 9.59 Å². The highest BCUT2D eigenvalue weighted by Crippen LogP contribution is 2.35. The molecule has 6 nitrogen and oxygen atoms in total. The van der Waals surface area contributed by atoms with Crippen molar-refractivity contribution < 1.29 is 9.59 Å². The average molecular weight is 553 g/mol. The molecule has 0 spiro atoms. The lowest BCUT2D eigenvalue weighted by Crippen LogP contribution is -2.24. The molecule has 0 bridgehead atoms. The van der Waals surface area contributed by atoms with Gasteiger partial charge in [-0.05, 0) is 67.4 Å². The highest BCUT2D eigenvalue weighted by atomic mass is 16.2. The van der Waals surface area contributed by atoms with E-state index in [4.69, 9.17) is 4.98 Å². The molecule has 4 aromatic carbocycles. The number of aryl methyl sites for hydroxylation is 2. The van der Waals surface area contributed by atoms with Crippen molar-refractivity contribution in [2.24, 2.45) is 0 Å². The van der Waals surface area contributed by atoms with E-state index in [9.17, 15) is 9.59 Å². The molecule has 0 atom stereocenters. The zero-order valence-electron chi connectivity index (χ0n) is 23.9. The molecule has 0 unspecified atom stereocenters. The lowest BCUT2D eigenvalue weighted by Gasteiger charge is -2.12. The van der Waals surface area contributed by atoms with E-state index < -0.39 is 0 Å². The SMILES string of the molecule is CCn1c2ccccc2c2cc(-c3cc(-c4ccc(C)cc4)nc(-c4ccc(NC(=O)CC(=O)NC)cc4)c3)ccc21.